The van der Waals surface area contributed by atoms with Gasteiger partial charge in [-0.15, -0.1) is 0 Å². The third-order valence-electron chi connectivity index (χ3n) is 3.98. The van der Waals surface area contributed by atoms with Gasteiger partial charge in [0.1, 0.15) is 5.54 Å². The molecule has 1 aliphatic rings. The average Bonchev–Trinajstić information content (AvgIpc) is 2.84. The van der Waals surface area contributed by atoms with Crippen molar-refractivity contribution >= 4 is 5.97 Å². The molecule has 2 rings (SSSR count). The van der Waals surface area contributed by atoms with Gasteiger partial charge in [0.05, 0.1) is 0 Å². The van der Waals surface area contributed by atoms with Gasteiger partial charge in [-0.3, -0.25) is 4.90 Å². The van der Waals surface area contributed by atoms with E-state index in [1.807, 2.05) is 44.2 Å². The van der Waals surface area contributed by atoms with Crippen molar-refractivity contribution in [3.8, 4) is 0 Å². The Bertz CT molecular complexity index is 410. The van der Waals surface area contributed by atoms with Crippen LogP contribution >= 0.6 is 0 Å². The summed E-state index contributed by atoms with van der Waals surface area (Å²) < 4.78 is 0. The SMILES string of the molecule is CC(C)C(C(=O)O)(c1ccccc1)N1CCCC1. The summed E-state index contributed by atoms with van der Waals surface area (Å²) in [7, 11) is 0. The number of aliphatic carboxylic acids is 1. The van der Waals surface area contributed by atoms with Crippen molar-refractivity contribution in [2.45, 2.75) is 32.2 Å². The van der Waals surface area contributed by atoms with Crippen LogP contribution in [0.3, 0.4) is 0 Å². The van der Waals surface area contributed by atoms with Gasteiger partial charge < -0.3 is 5.11 Å². The first-order valence-electron chi connectivity index (χ1n) is 6.64. The summed E-state index contributed by atoms with van der Waals surface area (Å²) in [4.78, 5) is 14.1. The fourth-order valence-electron chi connectivity index (χ4n) is 3.15. The van der Waals surface area contributed by atoms with Gasteiger partial charge in [0, 0.05) is 0 Å². The molecule has 0 amide bonds. The molecule has 0 aliphatic carbocycles. The van der Waals surface area contributed by atoms with Crippen molar-refractivity contribution in [2.75, 3.05) is 13.1 Å². The zero-order chi connectivity index (χ0) is 13.2. The first kappa shape index (κ1) is 13.1. The second-order valence-corrected chi connectivity index (χ2v) is 5.29. The number of hydrogen-bond acceptors (Lipinski definition) is 2. The third-order valence-corrected chi connectivity index (χ3v) is 3.98. The Kier molecular flexibility index (Phi) is 3.71. The summed E-state index contributed by atoms with van der Waals surface area (Å²) in [6.45, 7) is 5.75. The van der Waals surface area contributed by atoms with Crippen molar-refractivity contribution in [2.24, 2.45) is 5.92 Å². The molecule has 1 N–H and O–H groups in total. The van der Waals surface area contributed by atoms with Crippen molar-refractivity contribution in [1.82, 2.24) is 4.90 Å². The lowest BCUT2D eigenvalue weighted by Crippen LogP contribution is -2.54. The molecule has 98 valence electrons. The van der Waals surface area contributed by atoms with Gasteiger partial charge in [0.2, 0.25) is 0 Å². The van der Waals surface area contributed by atoms with E-state index in [0.717, 1.165) is 31.5 Å². The van der Waals surface area contributed by atoms with Gasteiger partial charge in [-0.25, -0.2) is 4.79 Å². The smallest absolute Gasteiger partial charge is 0.329 e. The van der Waals surface area contributed by atoms with Crippen LogP contribution in [-0.2, 0) is 10.3 Å². The van der Waals surface area contributed by atoms with Crippen molar-refractivity contribution in [3.63, 3.8) is 0 Å². The van der Waals surface area contributed by atoms with Crippen LogP contribution in [0, 0.1) is 5.92 Å². The Morgan fingerprint density at radius 3 is 2.22 bits per heavy atom. The molecule has 1 heterocycles. The minimum absolute atomic E-state index is 0.0375. The molecule has 1 fully saturated rings. The summed E-state index contributed by atoms with van der Waals surface area (Å²) in [5.74, 6) is -0.693. The normalized spacial score (nSPS) is 19.9. The molecule has 1 aliphatic heterocycles. The van der Waals surface area contributed by atoms with Gasteiger partial charge in [-0.1, -0.05) is 44.2 Å². The van der Waals surface area contributed by atoms with E-state index in [2.05, 4.69) is 4.90 Å². The third kappa shape index (κ3) is 1.93. The van der Waals surface area contributed by atoms with Crippen molar-refractivity contribution in [1.29, 1.82) is 0 Å². The highest BCUT2D eigenvalue weighted by molar-refractivity contribution is 5.81. The number of benzene rings is 1. The molecule has 1 atom stereocenters. The van der Waals surface area contributed by atoms with Crippen LogP contribution in [0.4, 0.5) is 0 Å². The molecule has 0 spiro atoms. The van der Waals surface area contributed by atoms with E-state index in [1.165, 1.54) is 0 Å². The van der Waals surface area contributed by atoms with Crippen molar-refractivity contribution in [3.05, 3.63) is 35.9 Å². The predicted molar refractivity (Wildman–Crippen MR) is 71.4 cm³/mol. The predicted octanol–water partition coefficient (Wildman–Crippen LogP) is 2.72. The topological polar surface area (TPSA) is 40.5 Å². The summed E-state index contributed by atoms with van der Waals surface area (Å²) in [5, 5.41) is 9.87. The van der Waals surface area contributed by atoms with Crippen LogP contribution in [0.25, 0.3) is 0 Å². The second-order valence-electron chi connectivity index (χ2n) is 5.29. The van der Waals surface area contributed by atoms with Crippen LogP contribution in [0.2, 0.25) is 0 Å². The Balaban J connectivity index is 2.53. The highest BCUT2D eigenvalue weighted by atomic mass is 16.4. The van der Waals surface area contributed by atoms with Gasteiger partial charge in [0.25, 0.3) is 0 Å². The number of carboxylic acid groups (broad SMARTS) is 1. The highest BCUT2D eigenvalue weighted by Gasteiger charge is 2.49. The highest BCUT2D eigenvalue weighted by Crippen LogP contribution is 2.38. The maximum Gasteiger partial charge on any atom is 0.329 e. The van der Waals surface area contributed by atoms with Crippen LogP contribution in [0.5, 0.6) is 0 Å². The lowest BCUT2D eigenvalue weighted by atomic mass is 9.78. The minimum Gasteiger partial charge on any atom is -0.480 e. The molecule has 3 heteroatoms. The largest absolute Gasteiger partial charge is 0.480 e. The fourth-order valence-corrected chi connectivity index (χ4v) is 3.15. The van der Waals surface area contributed by atoms with E-state index in [-0.39, 0.29) is 5.92 Å². The molecule has 1 aromatic rings. The van der Waals surface area contributed by atoms with E-state index >= 15 is 0 Å². The zero-order valence-electron chi connectivity index (χ0n) is 11.1. The fraction of sp³-hybridized carbons (Fsp3) is 0.533. The Morgan fingerprint density at radius 2 is 1.78 bits per heavy atom. The number of carbonyl (C=O) groups is 1. The minimum atomic E-state index is -0.877. The van der Waals surface area contributed by atoms with Crippen LogP contribution < -0.4 is 0 Å². The molecule has 0 aromatic heterocycles. The van der Waals surface area contributed by atoms with Gasteiger partial charge >= 0.3 is 5.97 Å². The first-order valence-corrected chi connectivity index (χ1v) is 6.64. The molecule has 3 nitrogen and oxygen atoms in total. The molecule has 1 saturated heterocycles. The lowest BCUT2D eigenvalue weighted by Gasteiger charge is -2.41. The van der Waals surface area contributed by atoms with Crippen LogP contribution in [-0.4, -0.2) is 29.1 Å². The zero-order valence-corrected chi connectivity index (χ0v) is 11.1. The molecule has 0 saturated carbocycles. The van der Waals surface area contributed by atoms with E-state index in [0.29, 0.717) is 0 Å². The molecule has 18 heavy (non-hydrogen) atoms. The summed E-state index contributed by atoms with van der Waals surface area (Å²) in [5.41, 5.74) is 0.0204. The second kappa shape index (κ2) is 5.11. The van der Waals surface area contributed by atoms with E-state index in [4.69, 9.17) is 0 Å². The van der Waals surface area contributed by atoms with Gasteiger partial charge in [-0.05, 0) is 37.4 Å². The summed E-state index contributed by atoms with van der Waals surface area (Å²) >= 11 is 0. The maximum absolute atomic E-state index is 12.0. The van der Waals surface area contributed by atoms with Crippen molar-refractivity contribution < 1.29 is 9.90 Å². The number of rotatable bonds is 4. The number of carboxylic acids is 1. The quantitative estimate of drug-likeness (QED) is 0.889. The Morgan fingerprint density at radius 1 is 1.22 bits per heavy atom. The average molecular weight is 247 g/mol. The molecular formula is C15H21NO2. The Hall–Kier alpha value is -1.35. The van der Waals surface area contributed by atoms with E-state index in [9.17, 15) is 9.90 Å². The monoisotopic (exact) mass is 247 g/mol. The van der Waals surface area contributed by atoms with Crippen LogP contribution in [0.1, 0.15) is 32.3 Å². The Labute approximate surface area is 108 Å². The summed E-state index contributed by atoms with van der Waals surface area (Å²) in [6.07, 6.45) is 2.18. The summed E-state index contributed by atoms with van der Waals surface area (Å²) in [6, 6.07) is 9.65. The number of hydrogen-bond donors (Lipinski definition) is 1. The number of nitrogens with zero attached hydrogens (tertiary/aromatic N) is 1. The lowest BCUT2D eigenvalue weighted by molar-refractivity contribution is -0.155. The standard InChI is InChI=1S/C15H21NO2/c1-12(2)15(14(17)18,16-10-6-7-11-16)13-8-4-3-5-9-13/h3-5,8-9,12H,6-7,10-11H2,1-2H3,(H,17,18). The molecule has 0 radical (unpaired) electrons. The molecule has 1 unspecified atom stereocenters. The maximum atomic E-state index is 12.0. The molecular weight excluding hydrogens is 226 g/mol. The number of likely N-dealkylation sites (tertiary alicyclic amines) is 1. The van der Waals surface area contributed by atoms with Gasteiger partial charge in [-0.2, -0.15) is 0 Å². The van der Waals surface area contributed by atoms with Crippen LogP contribution in [0.15, 0.2) is 30.3 Å². The van der Waals surface area contributed by atoms with Gasteiger partial charge in [0.15, 0.2) is 0 Å². The molecule has 1 aromatic carbocycles. The van der Waals surface area contributed by atoms with E-state index < -0.39 is 11.5 Å². The first-order chi connectivity index (χ1) is 8.60. The van der Waals surface area contributed by atoms with E-state index in [1.54, 1.807) is 0 Å². The molecule has 0 bridgehead atoms.